The predicted octanol–water partition coefficient (Wildman–Crippen LogP) is 1.59. The molecule has 21 heavy (non-hydrogen) atoms. The average molecular weight is 288 g/mol. The molecule has 1 heterocycles. The highest BCUT2D eigenvalue weighted by molar-refractivity contribution is 5.94. The molecular formula is C17H24N2O2. The van der Waals surface area contributed by atoms with E-state index in [9.17, 15) is 9.90 Å². The number of aliphatic hydroxyl groups is 1. The first-order valence-electron chi connectivity index (χ1n) is 7.75. The Kier molecular flexibility index (Phi) is 4.00. The Balaban J connectivity index is 1.66. The molecule has 0 radical (unpaired) electrons. The maximum atomic E-state index is 12.6. The Morgan fingerprint density at radius 1 is 1.24 bits per heavy atom. The van der Waals surface area contributed by atoms with Gasteiger partial charge in [0.2, 0.25) is 0 Å². The molecule has 3 unspecified atom stereocenters. The van der Waals surface area contributed by atoms with E-state index in [2.05, 4.69) is 4.90 Å². The van der Waals surface area contributed by atoms with E-state index in [1.165, 1.54) is 5.56 Å². The summed E-state index contributed by atoms with van der Waals surface area (Å²) in [5.41, 5.74) is 1.97. The summed E-state index contributed by atoms with van der Waals surface area (Å²) >= 11 is 0. The van der Waals surface area contributed by atoms with Crippen molar-refractivity contribution in [1.29, 1.82) is 0 Å². The zero-order chi connectivity index (χ0) is 15.0. The van der Waals surface area contributed by atoms with E-state index >= 15 is 0 Å². The Morgan fingerprint density at radius 3 is 2.57 bits per heavy atom. The van der Waals surface area contributed by atoms with Crippen molar-refractivity contribution < 1.29 is 9.90 Å². The number of nitrogens with zero attached hydrogens (tertiary/aromatic N) is 2. The van der Waals surface area contributed by atoms with Crippen molar-refractivity contribution in [3.8, 4) is 0 Å². The van der Waals surface area contributed by atoms with E-state index in [-0.39, 0.29) is 12.0 Å². The van der Waals surface area contributed by atoms with Gasteiger partial charge in [0.05, 0.1) is 6.10 Å². The molecule has 3 atom stereocenters. The minimum atomic E-state index is -0.213. The molecule has 1 aromatic carbocycles. The highest BCUT2D eigenvalue weighted by Gasteiger charge is 2.43. The van der Waals surface area contributed by atoms with Crippen molar-refractivity contribution in [2.45, 2.75) is 25.5 Å². The van der Waals surface area contributed by atoms with Crippen LogP contribution in [0.2, 0.25) is 0 Å². The molecule has 0 aromatic heterocycles. The summed E-state index contributed by atoms with van der Waals surface area (Å²) in [5, 5.41) is 9.95. The lowest BCUT2D eigenvalue weighted by molar-refractivity contribution is 0.0752. The van der Waals surface area contributed by atoms with Gasteiger partial charge in [0.1, 0.15) is 0 Å². The van der Waals surface area contributed by atoms with Gasteiger partial charge in [-0.3, -0.25) is 4.79 Å². The van der Waals surface area contributed by atoms with Crippen LogP contribution < -0.4 is 0 Å². The summed E-state index contributed by atoms with van der Waals surface area (Å²) in [4.78, 5) is 16.6. The molecule has 1 saturated carbocycles. The van der Waals surface area contributed by atoms with E-state index in [0.717, 1.165) is 31.5 Å². The van der Waals surface area contributed by atoms with Crippen molar-refractivity contribution in [1.82, 2.24) is 9.80 Å². The molecule has 2 fully saturated rings. The number of likely N-dealkylation sites (tertiary alicyclic amines) is 1. The van der Waals surface area contributed by atoms with Gasteiger partial charge in [0.25, 0.3) is 5.91 Å². The smallest absolute Gasteiger partial charge is 0.253 e. The summed E-state index contributed by atoms with van der Waals surface area (Å²) in [6.07, 6.45) is 1.74. The third-order valence-electron chi connectivity index (χ3n) is 4.81. The third-order valence-corrected chi connectivity index (χ3v) is 4.81. The number of benzene rings is 1. The minimum absolute atomic E-state index is 0.105. The molecule has 1 aliphatic heterocycles. The lowest BCUT2D eigenvalue weighted by Gasteiger charge is -2.19. The number of amides is 1. The maximum absolute atomic E-state index is 12.6. The first-order valence-corrected chi connectivity index (χ1v) is 7.75. The second-order valence-corrected chi connectivity index (χ2v) is 6.71. The predicted molar refractivity (Wildman–Crippen MR) is 82.0 cm³/mol. The number of rotatable bonds is 3. The standard InChI is InChI=1S/C17H24N2O2/c1-18(2)9-12-3-5-13(6-4-12)17(21)19-10-14-7-8-16(20)15(14)11-19/h3-6,14-16,20H,7-11H2,1-2H3. The number of aliphatic hydroxyl groups excluding tert-OH is 1. The van der Waals surface area contributed by atoms with Crippen LogP contribution in [0.4, 0.5) is 0 Å². The van der Waals surface area contributed by atoms with Gasteiger partial charge in [-0.1, -0.05) is 12.1 Å². The van der Waals surface area contributed by atoms with Crippen LogP contribution in [-0.4, -0.2) is 54.1 Å². The van der Waals surface area contributed by atoms with Crippen molar-refractivity contribution in [2.24, 2.45) is 11.8 Å². The molecule has 0 spiro atoms. The first kappa shape index (κ1) is 14.5. The Morgan fingerprint density at radius 2 is 1.95 bits per heavy atom. The van der Waals surface area contributed by atoms with Crippen molar-refractivity contribution in [3.63, 3.8) is 0 Å². The summed E-state index contributed by atoms with van der Waals surface area (Å²) in [6, 6.07) is 7.90. The fourth-order valence-electron chi connectivity index (χ4n) is 3.70. The average Bonchev–Trinajstić information content (AvgIpc) is 3.01. The zero-order valence-corrected chi connectivity index (χ0v) is 12.8. The largest absolute Gasteiger partial charge is 0.393 e. The maximum Gasteiger partial charge on any atom is 0.253 e. The van der Waals surface area contributed by atoms with Gasteiger partial charge in [-0.2, -0.15) is 0 Å². The summed E-state index contributed by atoms with van der Waals surface area (Å²) < 4.78 is 0. The monoisotopic (exact) mass is 288 g/mol. The zero-order valence-electron chi connectivity index (χ0n) is 12.8. The molecule has 1 aliphatic carbocycles. The SMILES string of the molecule is CN(C)Cc1ccc(C(=O)N2CC3CCC(O)C3C2)cc1. The van der Waals surface area contributed by atoms with Crippen LogP contribution >= 0.6 is 0 Å². The molecule has 4 heteroatoms. The van der Waals surface area contributed by atoms with Gasteiger partial charge in [0.15, 0.2) is 0 Å². The van der Waals surface area contributed by atoms with E-state index in [0.29, 0.717) is 18.4 Å². The van der Waals surface area contributed by atoms with Gasteiger partial charge in [-0.15, -0.1) is 0 Å². The van der Waals surface area contributed by atoms with E-state index < -0.39 is 0 Å². The normalized spacial score (nSPS) is 28.2. The number of carbonyl (C=O) groups is 1. The Bertz CT molecular complexity index is 512. The molecule has 1 N–H and O–H groups in total. The molecular weight excluding hydrogens is 264 g/mol. The lowest BCUT2D eigenvalue weighted by atomic mass is 10.00. The van der Waals surface area contributed by atoms with Gasteiger partial charge >= 0.3 is 0 Å². The fourth-order valence-corrected chi connectivity index (χ4v) is 3.70. The van der Waals surface area contributed by atoms with Gasteiger partial charge in [0, 0.05) is 31.1 Å². The van der Waals surface area contributed by atoms with E-state index in [4.69, 9.17) is 0 Å². The second kappa shape index (κ2) is 5.78. The molecule has 114 valence electrons. The number of fused-ring (bicyclic) bond motifs is 1. The second-order valence-electron chi connectivity index (χ2n) is 6.71. The highest BCUT2D eigenvalue weighted by atomic mass is 16.3. The molecule has 0 bridgehead atoms. The summed E-state index contributed by atoms with van der Waals surface area (Å²) in [7, 11) is 4.07. The van der Waals surface area contributed by atoms with Gasteiger partial charge < -0.3 is 14.9 Å². The quantitative estimate of drug-likeness (QED) is 0.918. The Hall–Kier alpha value is -1.39. The van der Waals surface area contributed by atoms with Crippen molar-refractivity contribution in [3.05, 3.63) is 35.4 Å². The number of carbonyl (C=O) groups excluding carboxylic acids is 1. The van der Waals surface area contributed by atoms with E-state index in [1.807, 2.05) is 43.3 Å². The van der Waals surface area contributed by atoms with Crippen LogP contribution in [0.25, 0.3) is 0 Å². The third kappa shape index (κ3) is 2.97. The minimum Gasteiger partial charge on any atom is -0.393 e. The van der Waals surface area contributed by atoms with Crippen LogP contribution in [0.3, 0.4) is 0 Å². The highest BCUT2D eigenvalue weighted by Crippen LogP contribution is 2.38. The Labute approximate surface area is 126 Å². The molecule has 1 aromatic rings. The van der Waals surface area contributed by atoms with Crippen LogP contribution in [-0.2, 0) is 6.54 Å². The summed E-state index contributed by atoms with van der Waals surface area (Å²) in [5.74, 6) is 0.895. The fraction of sp³-hybridized carbons (Fsp3) is 0.588. The lowest BCUT2D eigenvalue weighted by Crippen LogP contribution is -2.31. The van der Waals surface area contributed by atoms with Gasteiger partial charge in [-0.05, 0) is 50.6 Å². The van der Waals surface area contributed by atoms with Crippen molar-refractivity contribution in [2.75, 3.05) is 27.2 Å². The number of hydrogen-bond acceptors (Lipinski definition) is 3. The van der Waals surface area contributed by atoms with Crippen LogP contribution in [0.15, 0.2) is 24.3 Å². The molecule has 3 rings (SSSR count). The van der Waals surface area contributed by atoms with Crippen molar-refractivity contribution >= 4 is 5.91 Å². The number of hydrogen-bond donors (Lipinski definition) is 1. The molecule has 1 amide bonds. The molecule has 2 aliphatic rings. The van der Waals surface area contributed by atoms with Crippen LogP contribution in [0, 0.1) is 11.8 Å². The first-order chi connectivity index (χ1) is 10.0. The van der Waals surface area contributed by atoms with E-state index in [1.54, 1.807) is 0 Å². The van der Waals surface area contributed by atoms with Gasteiger partial charge in [-0.25, -0.2) is 0 Å². The molecule has 4 nitrogen and oxygen atoms in total. The van der Waals surface area contributed by atoms with Crippen LogP contribution in [0.1, 0.15) is 28.8 Å². The van der Waals surface area contributed by atoms with Crippen LogP contribution in [0.5, 0.6) is 0 Å². The topological polar surface area (TPSA) is 43.8 Å². The summed E-state index contributed by atoms with van der Waals surface area (Å²) in [6.45, 7) is 2.40. The molecule has 1 saturated heterocycles.